The van der Waals surface area contributed by atoms with Gasteiger partial charge in [0, 0.05) is 17.0 Å². The van der Waals surface area contributed by atoms with Crippen LogP contribution in [0.4, 0.5) is 10.1 Å². The van der Waals surface area contributed by atoms with E-state index < -0.39 is 21.7 Å². The minimum atomic E-state index is -3.81. The standard InChI is InChI=1S/C18H14FN3O3S2/c19-15-8-3-1-6-13(15)12-20-21-18(23)14-7-2-4-9-16(14)22-27(24,25)17-10-5-11-26-17/h1-12,22H,(H,21,23)/p-1/b20-12-. The van der Waals surface area contributed by atoms with Gasteiger partial charge in [0.1, 0.15) is 10.0 Å². The second kappa shape index (κ2) is 8.11. The van der Waals surface area contributed by atoms with Crippen LogP contribution in [0.15, 0.2) is 80.5 Å². The molecule has 0 atom stereocenters. The molecule has 0 saturated heterocycles. The predicted octanol–water partition coefficient (Wildman–Crippen LogP) is 2.83. The third-order valence-electron chi connectivity index (χ3n) is 3.41. The van der Waals surface area contributed by atoms with Crippen LogP contribution in [0.3, 0.4) is 0 Å². The highest BCUT2D eigenvalue weighted by Crippen LogP contribution is 2.22. The van der Waals surface area contributed by atoms with Gasteiger partial charge in [-0.05, 0) is 23.6 Å². The Balaban J connectivity index is 1.86. The molecule has 0 aliphatic heterocycles. The fourth-order valence-electron chi connectivity index (χ4n) is 2.15. The number of sulfonamides is 1. The first-order valence-electron chi connectivity index (χ1n) is 7.66. The lowest BCUT2D eigenvalue weighted by Gasteiger charge is -2.15. The van der Waals surface area contributed by atoms with Crippen molar-refractivity contribution in [3.63, 3.8) is 0 Å². The largest absolute Gasteiger partial charge is 0.857 e. The van der Waals surface area contributed by atoms with Crippen molar-refractivity contribution in [2.24, 2.45) is 10.2 Å². The maximum absolute atomic E-state index is 13.5. The summed E-state index contributed by atoms with van der Waals surface area (Å²) in [6.45, 7) is 0. The minimum absolute atomic E-state index is 0.0308. The Morgan fingerprint density at radius 1 is 1.07 bits per heavy atom. The number of hydrogen-bond donors (Lipinski definition) is 1. The number of thiophene rings is 1. The smallest absolute Gasteiger partial charge is 0.271 e. The van der Waals surface area contributed by atoms with E-state index in [4.69, 9.17) is 0 Å². The maximum Gasteiger partial charge on any atom is 0.271 e. The molecule has 3 rings (SSSR count). The molecular weight excluding hydrogens is 389 g/mol. The van der Waals surface area contributed by atoms with Gasteiger partial charge < -0.3 is 5.11 Å². The predicted molar refractivity (Wildman–Crippen MR) is 102 cm³/mol. The second-order valence-electron chi connectivity index (χ2n) is 5.25. The van der Waals surface area contributed by atoms with E-state index in [-0.39, 0.29) is 21.0 Å². The topological polar surface area (TPSA) is 94.0 Å². The van der Waals surface area contributed by atoms with Crippen molar-refractivity contribution in [2.45, 2.75) is 4.21 Å². The Morgan fingerprint density at radius 3 is 2.56 bits per heavy atom. The number of anilines is 1. The first-order chi connectivity index (χ1) is 13.0. The van der Waals surface area contributed by atoms with Gasteiger partial charge in [-0.1, -0.05) is 42.5 Å². The summed E-state index contributed by atoms with van der Waals surface area (Å²) in [5.74, 6) is -1.25. The molecule has 0 spiro atoms. The molecule has 2 aromatic carbocycles. The van der Waals surface area contributed by atoms with Crippen LogP contribution in [-0.2, 0) is 10.0 Å². The van der Waals surface area contributed by atoms with Crippen LogP contribution in [0.1, 0.15) is 11.1 Å². The molecule has 0 saturated carbocycles. The van der Waals surface area contributed by atoms with Crippen LogP contribution >= 0.6 is 11.3 Å². The minimum Gasteiger partial charge on any atom is -0.857 e. The summed E-state index contributed by atoms with van der Waals surface area (Å²) < 4.78 is 40.7. The number of nitrogens with zero attached hydrogens (tertiary/aromatic N) is 2. The lowest BCUT2D eigenvalue weighted by molar-refractivity contribution is -0.213. The summed E-state index contributed by atoms with van der Waals surface area (Å²) in [7, 11) is -3.81. The molecule has 1 heterocycles. The number of halogens is 1. The zero-order valence-corrected chi connectivity index (χ0v) is 15.4. The van der Waals surface area contributed by atoms with E-state index in [1.807, 2.05) is 0 Å². The molecule has 0 amide bonds. The van der Waals surface area contributed by atoms with Gasteiger partial charge in [-0.15, -0.1) is 11.3 Å². The van der Waals surface area contributed by atoms with Crippen LogP contribution in [0, 0.1) is 5.82 Å². The van der Waals surface area contributed by atoms with Crippen molar-refractivity contribution < 1.29 is 17.9 Å². The lowest BCUT2D eigenvalue weighted by Crippen LogP contribution is -2.22. The normalized spacial score (nSPS) is 12.4. The molecule has 1 aromatic heterocycles. The van der Waals surface area contributed by atoms with Crippen molar-refractivity contribution in [2.75, 3.05) is 4.72 Å². The molecule has 27 heavy (non-hydrogen) atoms. The van der Waals surface area contributed by atoms with Gasteiger partial charge in [0.05, 0.1) is 11.9 Å². The number of hydrogen-bond acceptors (Lipinski definition) is 6. The molecule has 0 radical (unpaired) electrons. The molecule has 0 aliphatic carbocycles. The summed E-state index contributed by atoms with van der Waals surface area (Å²) >= 11 is 1.06. The van der Waals surface area contributed by atoms with Crippen LogP contribution in [0.25, 0.3) is 0 Å². The van der Waals surface area contributed by atoms with Crippen LogP contribution in [0.2, 0.25) is 0 Å². The third-order valence-corrected chi connectivity index (χ3v) is 6.18. The molecule has 9 heteroatoms. The van der Waals surface area contributed by atoms with E-state index in [1.165, 1.54) is 36.4 Å². The average Bonchev–Trinajstić information content (AvgIpc) is 3.19. The van der Waals surface area contributed by atoms with Crippen molar-refractivity contribution >= 4 is 39.2 Å². The van der Waals surface area contributed by atoms with Gasteiger partial charge in [0.2, 0.25) is 0 Å². The highest BCUT2D eigenvalue weighted by molar-refractivity contribution is 7.94. The van der Waals surface area contributed by atoms with E-state index in [1.54, 1.807) is 29.6 Å². The number of benzene rings is 2. The van der Waals surface area contributed by atoms with E-state index >= 15 is 0 Å². The van der Waals surface area contributed by atoms with E-state index in [0.29, 0.717) is 0 Å². The zero-order chi connectivity index (χ0) is 19.3. The lowest BCUT2D eigenvalue weighted by atomic mass is 10.2. The Bertz CT molecular complexity index is 1090. The summed E-state index contributed by atoms with van der Waals surface area (Å²) in [5, 5.41) is 21.1. The van der Waals surface area contributed by atoms with Crippen LogP contribution < -0.4 is 9.83 Å². The maximum atomic E-state index is 13.5. The van der Waals surface area contributed by atoms with E-state index in [9.17, 15) is 17.9 Å². The molecule has 1 N–H and O–H groups in total. The van der Waals surface area contributed by atoms with Crippen molar-refractivity contribution in [1.29, 1.82) is 0 Å². The number of rotatable bonds is 6. The molecule has 0 unspecified atom stereocenters. The Kier molecular flexibility index (Phi) is 5.63. The third kappa shape index (κ3) is 4.57. The summed E-state index contributed by atoms with van der Waals surface area (Å²) in [4.78, 5) is 0. The van der Waals surface area contributed by atoms with Gasteiger partial charge in [0.15, 0.2) is 0 Å². The Morgan fingerprint density at radius 2 is 1.81 bits per heavy atom. The quantitative estimate of drug-likeness (QED) is 0.390. The monoisotopic (exact) mass is 402 g/mol. The first-order valence-corrected chi connectivity index (χ1v) is 10.0. The fraction of sp³-hybridized carbons (Fsp3) is 0. The average molecular weight is 402 g/mol. The molecule has 0 fully saturated rings. The van der Waals surface area contributed by atoms with E-state index in [2.05, 4.69) is 14.9 Å². The second-order valence-corrected chi connectivity index (χ2v) is 8.11. The Hall–Kier alpha value is -3.04. The van der Waals surface area contributed by atoms with Gasteiger partial charge >= 0.3 is 0 Å². The highest BCUT2D eigenvalue weighted by Gasteiger charge is 2.16. The summed E-state index contributed by atoms with van der Waals surface area (Å²) in [5.41, 5.74) is 0.296. The first kappa shape index (κ1) is 18.7. The van der Waals surface area contributed by atoms with Crippen molar-refractivity contribution in [1.82, 2.24) is 0 Å². The molecule has 3 aromatic rings. The van der Waals surface area contributed by atoms with Gasteiger partial charge in [-0.2, -0.15) is 10.2 Å². The van der Waals surface area contributed by atoms with Crippen molar-refractivity contribution in [3.8, 4) is 0 Å². The van der Waals surface area contributed by atoms with Crippen LogP contribution in [0.5, 0.6) is 0 Å². The van der Waals surface area contributed by atoms with Gasteiger partial charge in [-0.25, -0.2) is 12.8 Å². The number of para-hydroxylation sites is 1. The van der Waals surface area contributed by atoms with E-state index in [0.717, 1.165) is 17.6 Å². The molecule has 0 bridgehead atoms. The van der Waals surface area contributed by atoms with Crippen LogP contribution in [-0.4, -0.2) is 20.5 Å². The number of nitrogens with one attached hydrogen (secondary N) is 1. The molecule has 138 valence electrons. The molecule has 0 aliphatic rings. The Labute approximate surface area is 159 Å². The van der Waals surface area contributed by atoms with Gasteiger partial charge in [0.25, 0.3) is 10.0 Å². The molecule has 6 nitrogen and oxygen atoms in total. The zero-order valence-electron chi connectivity index (χ0n) is 13.7. The molecular formula is C18H13FN3O3S2-. The van der Waals surface area contributed by atoms with Crippen molar-refractivity contribution in [3.05, 3.63) is 83.0 Å². The SMILES string of the molecule is O=S(=O)(Nc1ccccc1C([O-])=N/N=C\c1ccccc1F)c1cccs1. The fourth-order valence-corrected chi connectivity index (χ4v) is 4.22. The van der Waals surface area contributed by atoms with Gasteiger partial charge in [-0.3, -0.25) is 4.72 Å². The highest BCUT2D eigenvalue weighted by atomic mass is 32.2. The summed E-state index contributed by atoms with van der Waals surface area (Å²) in [6.07, 6.45) is 1.12. The summed E-state index contributed by atoms with van der Waals surface area (Å²) in [6, 6.07) is 15.0.